The van der Waals surface area contributed by atoms with E-state index in [9.17, 15) is 40.7 Å². The monoisotopic (exact) mass is 512 g/mol. The third kappa shape index (κ3) is 4.20. The number of carbonyl (C=O) groups excluding carboxylic acids is 3. The summed E-state index contributed by atoms with van der Waals surface area (Å²) in [5.41, 5.74) is -4.21. The van der Waals surface area contributed by atoms with Crippen molar-refractivity contribution in [1.29, 1.82) is 0 Å². The zero-order chi connectivity index (χ0) is 26.6. The van der Waals surface area contributed by atoms with Crippen LogP contribution >= 0.6 is 0 Å². The fourth-order valence-corrected chi connectivity index (χ4v) is 4.62. The quantitative estimate of drug-likeness (QED) is 0.268. The summed E-state index contributed by atoms with van der Waals surface area (Å²) < 4.78 is 82.4. The maximum absolute atomic E-state index is 14.4. The van der Waals surface area contributed by atoms with Crippen molar-refractivity contribution in [2.75, 3.05) is 5.32 Å². The first-order chi connectivity index (χ1) is 16.8. The van der Waals surface area contributed by atoms with Crippen molar-refractivity contribution in [3.05, 3.63) is 46.3 Å². The Morgan fingerprint density at radius 1 is 1.28 bits per heavy atom. The number of alkyl halides is 5. The zero-order valence-corrected chi connectivity index (χ0v) is 18.6. The highest BCUT2D eigenvalue weighted by atomic mass is 19.3. The van der Waals surface area contributed by atoms with Gasteiger partial charge in [-0.15, -0.1) is 6.42 Å². The molecule has 2 aromatic heterocycles. The minimum absolute atomic E-state index is 0.00228. The highest BCUT2D eigenvalue weighted by molar-refractivity contribution is 6.44. The topological polar surface area (TPSA) is 93.1 Å². The van der Waals surface area contributed by atoms with Gasteiger partial charge in [-0.3, -0.25) is 19.4 Å². The molecular weight excluding hydrogens is 494 g/mol. The summed E-state index contributed by atoms with van der Waals surface area (Å²) in [4.78, 5) is 41.9. The van der Waals surface area contributed by atoms with E-state index in [0.717, 1.165) is 16.8 Å². The number of anilines is 1. The van der Waals surface area contributed by atoms with Crippen LogP contribution in [-0.2, 0) is 17.8 Å². The van der Waals surface area contributed by atoms with Gasteiger partial charge in [0.1, 0.15) is 23.1 Å². The first kappa shape index (κ1) is 25.3. The summed E-state index contributed by atoms with van der Waals surface area (Å²) in [6.07, 6.45) is -0.692. The van der Waals surface area contributed by atoms with Gasteiger partial charge in [-0.1, -0.05) is 5.92 Å². The second-order valence-electron chi connectivity index (χ2n) is 8.74. The standard InChI is InChI=1S/C23H18F6N4O3/c1-3-22(8-23(28,29)9-22)32-21(36)18(34)14-10(2)17(33-7-11(24)6-13(14)33)20(35)31-12-4-5-30-16(15(12)25)19(26)27/h1,4-5,11,19H,6-9H2,2H3,(H,32,36)(H,30,31,35). The molecule has 190 valence electrons. The summed E-state index contributed by atoms with van der Waals surface area (Å²) in [5, 5.41) is 4.24. The molecule has 1 aliphatic carbocycles. The van der Waals surface area contributed by atoms with E-state index in [1.165, 1.54) is 6.92 Å². The van der Waals surface area contributed by atoms with Crippen LogP contribution in [0.2, 0.25) is 0 Å². The number of nitrogens with one attached hydrogen (secondary N) is 2. The first-order valence-electron chi connectivity index (χ1n) is 10.6. The Labute approximate surface area is 200 Å². The van der Waals surface area contributed by atoms with Crippen LogP contribution in [-0.4, -0.2) is 44.8 Å². The minimum Gasteiger partial charge on any atom is -0.337 e. The molecule has 7 nitrogen and oxygen atoms in total. The molecule has 3 heterocycles. The van der Waals surface area contributed by atoms with Crippen molar-refractivity contribution < 1.29 is 40.7 Å². The molecule has 1 aliphatic heterocycles. The lowest BCUT2D eigenvalue weighted by atomic mass is 9.74. The molecule has 36 heavy (non-hydrogen) atoms. The maximum atomic E-state index is 14.4. The summed E-state index contributed by atoms with van der Waals surface area (Å²) >= 11 is 0. The van der Waals surface area contributed by atoms with Crippen molar-refractivity contribution in [3.8, 4) is 12.3 Å². The van der Waals surface area contributed by atoms with Gasteiger partial charge in [0.2, 0.25) is 0 Å². The minimum atomic E-state index is -3.25. The molecule has 2 amide bonds. The summed E-state index contributed by atoms with van der Waals surface area (Å²) in [6.45, 7) is 0.922. The summed E-state index contributed by atoms with van der Waals surface area (Å²) in [5.74, 6) is -6.09. The number of hydrogen-bond donors (Lipinski definition) is 2. The van der Waals surface area contributed by atoms with Crippen molar-refractivity contribution in [3.63, 3.8) is 0 Å². The van der Waals surface area contributed by atoms with Crippen molar-refractivity contribution in [2.24, 2.45) is 0 Å². The molecule has 0 spiro atoms. The molecule has 0 bridgehead atoms. The molecule has 2 aliphatic rings. The average Bonchev–Trinajstić information content (AvgIpc) is 3.25. The fourth-order valence-electron chi connectivity index (χ4n) is 4.62. The SMILES string of the molecule is C#CC1(NC(=O)C(=O)c2c(C)c(C(=O)Nc3ccnc(C(F)F)c3F)n3c2CC(F)C3)CC(F)(F)C1. The number of Topliss-reactive ketones (excluding diaryl/α,β-unsaturated/α-hetero) is 1. The Hall–Kier alpha value is -3.82. The lowest BCUT2D eigenvalue weighted by molar-refractivity contribution is -0.133. The van der Waals surface area contributed by atoms with Crippen molar-refractivity contribution >= 4 is 23.3 Å². The van der Waals surface area contributed by atoms with Crippen LogP contribution in [0.25, 0.3) is 0 Å². The van der Waals surface area contributed by atoms with Gasteiger partial charge in [-0.2, -0.15) is 0 Å². The van der Waals surface area contributed by atoms with Crippen LogP contribution in [0.4, 0.5) is 32.0 Å². The largest absolute Gasteiger partial charge is 0.337 e. The van der Waals surface area contributed by atoms with Crippen LogP contribution < -0.4 is 10.6 Å². The number of amides is 2. The van der Waals surface area contributed by atoms with Gasteiger partial charge in [0.15, 0.2) is 5.82 Å². The Balaban J connectivity index is 1.66. The van der Waals surface area contributed by atoms with Crippen molar-refractivity contribution in [1.82, 2.24) is 14.9 Å². The third-order valence-corrected chi connectivity index (χ3v) is 6.18. The van der Waals surface area contributed by atoms with E-state index in [2.05, 4.69) is 21.5 Å². The van der Waals surface area contributed by atoms with Crippen LogP contribution in [0, 0.1) is 25.1 Å². The highest BCUT2D eigenvalue weighted by Gasteiger charge is 2.57. The van der Waals surface area contributed by atoms with Gasteiger partial charge in [0.25, 0.3) is 29.9 Å². The number of terminal acetylenes is 1. The van der Waals surface area contributed by atoms with E-state index < -0.39 is 71.7 Å². The van der Waals surface area contributed by atoms with Crippen LogP contribution in [0.15, 0.2) is 12.3 Å². The van der Waals surface area contributed by atoms with Gasteiger partial charge >= 0.3 is 0 Å². The maximum Gasteiger partial charge on any atom is 0.293 e. The second kappa shape index (κ2) is 8.69. The Morgan fingerprint density at radius 3 is 2.53 bits per heavy atom. The number of nitrogens with zero attached hydrogens (tertiary/aromatic N) is 2. The van der Waals surface area contributed by atoms with Crippen molar-refractivity contribution in [2.45, 2.75) is 56.8 Å². The number of carbonyl (C=O) groups is 3. The van der Waals surface area contributed by atoms with E-state index >= 15 is 0 Å². The van der Waals surface area contributed by atoms with Crippen LogP contribution in [0.3, 0.4) is 0 Å². The average molecular weight is 512 g/mol. The number of pyridine rings is 1. The Morgan fingerprint density at radius 2 is 1.94 bits per heavy atom. The molecule has 1 atom stereocenters. The molecular formula is C23H18F6N4O3. The molecule has 4 rings (SSSR count). The lowest BCUT2D eigenvalue weighted by Crippen LogP contribution is -2.62. The number of hydrogen-bond acceptors (Lipinski definition) is 4. The number of aromatic nitrogens is 2. The molecule has 2 N–H and O–H groups in total. The summed E-state index contributed by atoms with van der Waals surface area (Å²) in [6, 6.07) is 0.938. The lowest BCUT2D eigenvalue weighted by Gasteiger charge is -2.43. The van der Waals surface area contributed by atoms with Gasteiger partial charge in [0.05, 0.1) is 17.8 Å². The first-order valence-corrected chi connectivity index (χ1v) is 10.6. The smallest absolute Gasteiger partial charge is 0.293 e. The number of rotatable bonds is 6. The normalized spacial score (nSPS) is 19.2. The van der Waals surface area contributed by atoms with Crippen LogP contribution in [0.1, 0.15) is 57.1 Å². The van der Waals surface area contributed by atoms with E-state index in [1.807, 2.05) is 0 Å². The third-order valence-electron chi connectivity index (χ3n) is 6.18. The molecule has 0 saturated heterocycles. The molecule has 0 aromatic carbocycles. The van der Waals surface area contributed by atoms with E-state index in [1.54, 1.807) is 0 Å². The number of fused-ring (bicyclic) bond motifs is 1. The van der Waals surface area contributed by atoms with Gasteiger partial charge < -0.3 is 15.2 Å². The second-order valence-corrected chi connectivity index (χ2v) is 8.74. The molecule has 1 fully saturated rings. The number of ketones is 1. The molecule has 1 unspecified atom stereocenters. The molecule has 13 heteroatoms. The number of halogens is 6. The Bertz CT molecular complexity index is 1320. The molecule has 1 saturated carbocycles. The molecule has 2 aromatic rings. The predicted octanol–water partition coefficient (Wildman–Crippen LogP) is 3.51. The Kier molecular flexibility index (Phi) is 6.10. The van der Waals surface area contributed by atoms with Gasteiger partial charge in [0, 0.05) is 31.2 Å². The predicted molar refractivity (Wildman–Crippen MR) is 113 cm³/mol. The van der Waals surface area contributed by atoms with Gasteiger partial charge in [-0.05, 0) is 18.6 Å². The van der Waals surface area contributed by atoms with Crippen LogP contribution in [0.5, 0.6) is 0 Å². The zero-order valence-electron chi connectivity index (χ0n) is 18.6. The molecule has 0 radical (unpaired) electrons. The summed E-state index contributed by atoms with van der Waals surface area (Å²) in [7, 11) is 0. The fraction of sp³-hybridized carbons (Fsp3) is 0.391. The highest BCUT2D eigenvalue weighted by Crippen LogP contribution is 2.45. The van der Waals surface area contributed by atoms with Gasteiger partial charge in [-0.25, -0.2) is 26.3 Å². The van der Waals surface area contributed by atoms with E-state index in [4.69, 9.17) is 6.42 Å². The van der Waals surface area contributed by atoms with E-state index in [-0.39, 0.29) is 35.5 Å². The van der Waals surface area contributed by atoms with E-state index in [0.29, 0.717) is 0 Å².